The summed E-state index contributed by atoms with van der Waals surface area (Å²) in [5, 5.41) is 6.03. The molecule has 0 N–H and O–H groups in total. The largest absolute Gasteiger partial charge is 0.497 e. The Kier molecular flexibility index (Phi) is 3.43. The van der Waals surface area contributed by atoms with Crippen LogP contribution in [0.5, 0.6) is 0 Å². The minimum Gasteiger partial charge on any atom is -0.399 e. The molecule has 0 radical (unpaired) electrons. The van der Waals surface area contributed by atoms with E-state index in [1.165, 1.54) is 21.5 Å². The molecule has 5 rings (SSSR count). The Labute approximate surface area is 159 Å². The van der Waals surface area contributed by atoms with Crippen molar-refractivity contribution in [3.63, 3.8) is 0 Å². The molecule has 0 bridgehead atoms. The SMILES string of the molecule is CC1(C)OB(c2cc3ccc4ccccc4c3c3cccnc23)OC1(C)C. The highest BCUT2D eigenvalue weighted by Gasteiger charge is 2.52. The van der Waals surface area contributed by atoms with Gasteiger partial charge in [-0.2, -0.15) is 0 Å². The lowest BCUT2D eigenvalue weighted by Gasteiger charge is -2.32. The molecule has 1 saturated heterocycles. The van der Waals surface area contributed by atoms with Crippen LogP contribution >= 0.6 is 0 Å². The highest BCUT2D eigenvalue weighted by atomic mass is 16.7. The van der Waals surface area contributed by atoms with Crippen molar-refractivity contribution < 1.29 is 9.31 Å². The predicted octanol–water partition coefficient (Wildman–Crippen LogP) is 4.84. The molecule has 0 unspecified atom stereocenters. The highest BCUT2D eigenvalue weighted by Crippen LogP contribution is 2.38. The number of pyridine rings is 1. The number of fused-ring (bicyclic) bond motifs is 5. The van der Waals surface area contributed by atoms with Crippen LogP contribution in [0.1, 0.15) is 27.7 Å². The van der Waals surface area contributed by atoms with Gasteiger partial charge in [-0.25, -0.2) is 0 Å². The van der Waals surface area contributed by atoms with E-state index in [2.05, 4.69) is 76.2 Å². The van der Waals surface area contributed by atoms with E-state index in [0.717, 1.165) is 16.4 Å². The van der Waals surface area contributed by atoms with Crippen LogP contribution in [-0.2, 0) is 9.31 Å². The minimum atomic E-state index is -0.428. The van der Waals surface area contributed by atoms with Crippen LogP contribution in [0, 0.1) is 0 Å². The van der Waals surface area contributed by atoms with Crippen LogP contribution in [0.2, 0.25) is 0 Å². The Morgan fingerprint density at radius 2 is 1.44 bits per heavy atom. The van der Waals surface area contributed by atoms with Crippen molar-refractivity contribution in [3.05, 3.63) is 60.8 Å². The van der Waals surface area contributed by atoms with Gasteiger partial charge in [0, 0.05) is 17.0 Å². The smallest absolute Gasteiger partial charge is 0.399 e. The summed E-state index contributed by atoms with van der Waals surface area (Å²) in [5.74, 6) is 0. The average Bonchev–Trinajstić information content (AvgIpc) is 2.88. The molecule has 1 aliphatic heterocycles. The van der Waals surface area contributed by atoms with Gasteiger partial charge in [0.1, 0.15) is 0 Å². The van der Waals surface area contributed by atoms with Gasteiger partial charge in [-0.3, -0.25) is 4.98 Å². The lowest BCUT2D eigenvalue weighted by molar-refractivity contribution is 0.00578. The first-order valence-corrected chi connectivity index (χ1v) is 9.42. The summed E-state index contributed by atoms with van der Waals surface area (Å²) in [5.41, 5.74) is 1.18. The van der Waals surface area contributed by atoms with Crippen LogP contribution in [0.25, 0.3) is 32.4 Å². The van der Waals surface area contributed by atoms with Crippen molar-refractivity contribution >= 4 is 45.0 Å². The molecule has 2 heterocycles. The van der Waals surface area contributed by atoms with Crippen molar-refractivity contribution in [2.45, 2.75) is 38.9 Å². The maximum Gasteiger partial charge on any atom is 0.497 e. The first kappa shape index (κ1) is 16.7. The summed E-state index contributed by atoms with van der Waals surface area (Å²) in [6, 6.07) is 19.2. The van der Waals surface area contributed by atoms with Crippen molar-refractivity contribution in [2.75, 3.05) is 0 Å². The van der Waals surface area contributed by atoms with Gasteiger partial charge in [0.25, 0.3) is 0 Å². The molecule has 4 heteroatoms. The molecule has 1 fully saturated rings. The second-order valence-corrected chi connectivity index (χ2v) is 8.34. The first-order valence-electron chi connectivity index (χ1n) is 9.42. The molecular weight excluding hydrogens is 333 g/mol. The summed E-state index contributed by atoms with van der Waals surface area (Å²) in [7, 11) is -0.428. The standard InChI is InChI=1S/C23H22BNO2/c1-22(2)23(3,4)27-24(26-22)19-14-16-12-11-15-8-5-6-9-17(15)20(16)18-10-7-13-25-21(18)19/h5-14H,1-4H3. The number of aromatic nitrogens is 1. The van der Waals surface area contributed by atoms with Gasteiger partial charge in [0.15, 0.2) is 0 Å². The Bertz CT molecular complexity index is 1180. The topological polar surface area (TPSA) is 31.4 Å². The molecule has 0 aliphatic carbocycles. The number of benzene rings is 3. The van der Waals surface area contributed by atoms with Crippen molar-refractivity contribution in [3.8, 4) is 0 Å². The zero-order valence-electron chi connectivity index (χ0n) is 16.1. The molecule has 3 aromatic carbocycles. The third-order valence-electron chi connectivity index (χ3n) is 6.13. The van der Waals surface area contributed by atoms with Gasteiger partial charge in [-0.1, -0.05) is 48.5 Å². The van der Waals surface area contributed by atoms with Crippen LogP contribution < -0.4 is 5.46 Å². The first-order chi connectivity index (χ1) is 12.9. The third-order valence-corrected chi connectivity index (χ3v) is 6.13. The summed E-state index contributed by atoms with van der Waals surface area (Å²) < 4.78 is 12.7. The van der Waals surface area contributed by atoms with Gasteiger partial charge in [-0.05, 0) is 55.3 Å². The highest BCUT2D eigenvalue weighted by molar-refractivity contribution is 6.65. The van der Waals surface area contributed by atoms with Gasteiger partial charge in [0.05, 0.1) is 16.7 Å². The molecule has 0 atom stereocenters. The fraction of sp³-hybridized carbons (Fsp3) is 0.261. The predicted molar refractivity (Wildman–Crippen MR) is 112 cm³/mol. The van der Waals surface area contributed by atoms with E-state index >= 15 is 0 Å². The maximum atomic E-state index is 6.33. The summed E-state index contributed by atoms with van der Waals surface area (Å²) >= 11 is 0. The molecule has 3 nitrogen and oxygen atoms in total. The van der Waals surface area contributed by atoms with Crippen LogP contribution in [0.3, 0.4) is 0 Å². The van der Waals surface area contributed by atoms with Gasteiger partial charge in [0.2, 0.25) is 0 Å². The van der Waals surface area contributed by atoms with Gasteiger partial charge >= 0.3 is 7.12 Å². The molecule has 0 saturated carbocycles. The number of nitrogens with zero attached hydrogens (tertiary/aromatic N) is 1. The molecular formula is C23H22BNO2. The fourth-order valence-electron chi connectivity index (χ4n) is 3.93. The Balaban J connectivity index is 1.83. The van der Waals surface area contributed by atoms with E-state index in [1.54, 1.807) is 0 Å². The summed E-state index contributed by atoms with van der Waals surface area (Å²) in [6.07, 6.45) is 1.84. The second kappa shape index (κ2) is 5.54. The van der Waals surface area contributed by atoms with Crippen LogP contribution in [0.15, 0.2) is 60.8 Å². The van der Waals surface area contributed by atoms with Crippen molar-refractivity contribution in [1.29, 1.82) is 0 Å². The summed E-state index contributed by atoms with van der Waals surface area (Å²) in [4.78, 5) is 4.72. The van der Waals surface area contributed by atoms with E-state index in [4.69, 9.17) is 14.3 Å². The summed E-state index contributed by atoms with van der Waals surface area (Å²) in [6.45, 7) is 8.32. The number of hydrogen-bond donors (Lipinski definition) is 0. The molecule has 134 valence electrons. The minimum absolute atomic E-state index is 0.378. The average molecular weight is 355 g/mol. The normalized spacial score (nSPS) is 18.6. The van der Waals surface area contributed by atoms with Crippen LogP contribution in [-0.4, -0.2) is 23.3 Å². The number of hydrogen-bond acceptors (Lipinski definition) is 3. The lowest BCUT2D eigenvalue weighted by Crippen LogP contribution is -2.41. The number of rotatable bonds is 1. The monoisotopic (exact) mass is 355 g/mol. The molecule has 4 aromatic rings. The zero-order valence-corrected chi connectivity index (χ0v) is 16.1. The fourth-order valence-corrected chi connectivity index (χ4v) is 3.93. The van der Waals surface area contributed by atoms with E-state index in [0.29, 0.717) is 0 Å². The van der Waals surface area contributed by atoms with Crippen molar-refractivity contribution in [1.82, 2.24) is 4.98 Å². The molecule has 0 spiro atoms. The lowest BCUT2D eigenvalue weighted by atomic mass is 9.76. The van der Waals surface area contributed by atoms with Gasteiger partial charge in [-0.15, -0.1) is 0 Å². The molecule has 0 amide bonds. The van der Waals surface area contributed by atoms with E-state index in [1.807, 2.05) is 12.3 Å². The molecule has 1 aliphatic rings. The Morgan fingerprint density at radius 3 is 2.22 bits per heavy atom. The van der Waals surface area contributed by atoms with Gasteiger partial charge < -0.3 is 9.31 Å². The van der Waals surface area contributed by atoms with E-state index in [-0.39, 0.29) is 11.2 Å². The van der Waals surface area contributed by atoms with Crippen LogP contribution in [0.4, 0.5) is 0 Å². The molecule has 1 aromatic heterocycles. The zero-order chi connectivity index (χ0) is 18.8. The second-order valence-electron chi connectivity index (χ2n) is 8.34. The Hall–Kier alpha value is -2.43. The quantitative estimate of drug-likeness (QED) is 0.362. The Morgan fingerprint density at radius 1 is 0.778 bits per heavy atom. The van der Waals surface area contributed by atoms with E-state index < -0.39 is 7.12 Å². The van der Waals surface area contributed by atoms with E-state index in [9.17, 15) is 0 Å². The maximum absolute atomic E-state index is 6.33. The van der Waals surface area contributed by atoms with Crippen molar-refractivity contribution in [2.24, 2.45) is 0 Å². The third kappa shape index (κ3) is 2.40. The molecule has 27 heavy (non-hydrogen) atoms.